The maximum absolute atomic E-state index is 14.1. The van der Waals surface area contributed by atoms with E-state index < -0.39 is 0 Å². The molecule has 0 aliphatic rings. The van der Waals surface area contributed by atoms with Crippen LogP contribution in [0.4, 0.5) is 5.13 Å². The van der Waals surface area contributed by atoms with E-state index in [1.165, 1.54) is 11.3 Å². The second-order valence-electron chi connectivity index (χ2n) is 9.89. The molecule has 0 aliphatic heterocycles. The molecule has 0 bridgehead atoms. The van der Waals surface area contributed by atoms with Crippen LogP contribution in [0.25, 0.3) is 11.3 Å². The number of nitrogen functional groups attached to an aromatic ring is 1. The van der Waals surface area contributed by atoms with Crippen LogP contribution in [0, 0.1) is 0 Å². The summed E-state index contributed by atoms with van der Waals surface area (Å²) in [5.41, 5.74) is 11.0. The SMILES string of the molecule is C[C@@H](c1ccccc1)N(Cc1ccccc1)C(=O)CN(Cc1ccccc1)C(=O)c1ccc(-c2csc(N)n2)cc1. The summed E-state index contributed by atoms with van der Waals surface area (Å²) in [6.45, 7) is 2.73. The molecule has 0 saturated heterocycles. The average Bonchev–Trinajstić information content (AvgIpc) is 3.46. The zero-order valence-electron chi connectivity index (χ0n) is 22.9. The molecular formula is C34H32N4O2S. The van der Waals surface area contributed by atoms with E-state index in [-0.39, 0.29) is 24.4 Å². The highest BCUT2D eigenvalue weighted by molar-refractivity contribution is 7.13. The van der Waals surface area contributed by atoms with Crippen molar-refractivity contribution in [3.05, 3.63) is 143 Å². The first-order valence-corrected chi connectivity index (χ1v) is 14.4. The number of benzene rings is 4. The van der Waals surface area contributed by atoms with Crippen molar-refractivity contribution in [1.29, 1.82) is 0 Å². The van der Waals surface area contributed by atoms with Gasteiger partial charge in [0, 0.05) is 29.6 Å². The molecule has 1 aromatic heterocycles. The molecule has 0 saturated carbocycles. The highest BCUT2D eigenvalue weighted by Gasteiger charge is 2.26. The van der Waals surface area contributed by atoms with Crippen LogP contribution < -0.4 is 5.73 Å². The van der Waals surface area contributed by atoms with Gasteiger partial charge in [-0.15, -0.1) is 11.3 Å². The van der Waals surface area contributed by atoms with E-state index in [2.05, 4.69) is 4.98 Å². The first-order chi connectivity index (χ1) is 20.0. The van der Waals surface area contributed by atoms with Crippen LogP contribution in [0.2, 0.25) is 0 Å². The number of hydrogen-bond acceptors (Lipinski definition) is 5. The van der Waals surface area contributed by atoms with Gasteiger partial charge in [0.2, 0.25) is 5.91 Å². The fourth-order valence-electron chi connectivity index (χ4n) is 4.78. The van der Waals surface area contributed by atoms with Gasteiger partial charge >= 0.3 is 0 Å². The van der Waals surface area contributed by atoms with Crippen LogP contribution in [-0.4, -0.2) is 33.1 Å². The molecule has 0 spiro atoms. The average molecular weight is 561 g/mol. The van der Waals surface area contributed by atoms with Gasteiger partial charge in [-0.3, -0.25) is 9.59 Å². The van der Waals surface area contributed by atoms with Gasteiger partial charge < -0.3 is 15.5 Å². The second kappa shape index (κ2) is 13.1. The number of nitrogens with two attached hydrogens (primary N) is 1. The molecule has 5 rings (SSSR count). The molecule has 0 fully saturated rings. The van der Waals surface area contributed by atoms with E-state index >= 15 is 0 Å². The smallest absolute Gasteiger partial charge is 0.254 e. The Morgan fingerprint density at radius 3 is 1.90 bits per heavy atom. The second-order valence-corrected chi connectivity index (χ2v) is 10.8. The Bertz CT molecular complexity index is 1570. The molecule has 1 heterocycles. The lowest BCUT2D eigenvalue weighted by Gasteiger charge is -2.32. The van der Waals surface area contributed by atoms with Crippen LogP contribution in [-0.2, 0) is 17.9 Å². The van der Waals surface area contributed by atoms with E-state index in [1.54, 1.807) is 17.0 Å². The molecule has 0 radical (unpaired) electrons. The molecule has 4 aromatic carbocycles. The quantitative estimate of drug-likeness (QED) is 0.203. The summed E-state index contributed by atoms with van der Waals surface area (Å²) >= 11 is 1.38. The zero-order valence-corrected chi connectivity index (χ0v) is 23.7. The van der Waals surface area contributed by atoms with Gasteiger partial charge in [0.1, 0.15) is 6.54 Å². The summed E-state index contributed by atoms with van der Waals surface area (Å²) in [5, 5.41) is 2.39. The molecule has 1 atom stereocenters. The van der Waals surface area contributed by atoms with Gasteiger partial charge in [-0.1, -0.05) is 103 Å². The standard InChI is InChI=1S/C34H32N4O2S/c1-25(28-15-9-4-10-16-28)38(22-27-13-7-3-8-14-27)32(39)23-37(21-26-11-5-2-6-12-26)33(40)30-19-17-29(18-20-30)31-24-41-34(35)36-31/h2-20,24-25H,21-23H2,1H3,(H2,35,36)/t25-/m0/s1. The normalized spacial score (nSPS) is 11.5. The molecule has 5 aromatic rings. The van der Waals surface area contributed by atoms with Crippen molar-refractivity contribution in [2.45, 2.75) is 26.1 Å². The van der Waals surface area contributed by atoms with Crippen LogP contribution in [0.3, 0.4) is 0 Å². The van der Waals surface area contributed by atoms with Gasteiger partial charge in [0.05, 0.1) is 11.7 Å². The highest BCUT2D eigenvalue weighted by Crippen LogP contribution is 2.25. The largest absolute Gasteiger partial charge is 0.375 e. The van der Waals surface area contributed by atoms with Gasteiger partial charge in [-0.25, -0.2) is 4.98 Å². The van der Waals surface area contributed by atoms with E-state index in [9.17, 15) is 9.59 Å². The lowest BCUT2D eigenvalue weighted by atomic mass is 10.1. The minimum absolute atomic E-state index is 0.0535. The molecule has 6 nitrogen and oxygen atoms in total. The monoisotopic (exact) mass is 560 g/mol. The first-order valence-electron chi connectivity index (χ1n) is 13.5. The zero-order chi connectivity index (χ0) is 28.6. The maximum atomic E-state index is 14.1. The van der Waals surface area contributed by atoms with Gasteiger partial charge in [0.25, 0.3) is 5.91 Å². The molecule has 2 N–H and O–H groups in total. The summed E-state index contributed by atoms with van der Waals surface area (Å²) < 4.78 is 0. The Balaban J connectivity index is 1.42. The predicted octanol–water partition coefficient (Wildman–Crippen LogP) is 6.82. The molecular weight excluding hydrogens is 528 g/mol. The Morgan fingerprint density at radius 1 is 0.780 bits per heavy atom. The minimum atomic E-state index is -0.210. The Labute approximate surface area is 244 Å². The molecule has 41 heavy (non-hydrogen) atoms. The fourth-order valence-corrected chi connectivity index (χ4v) is 5.35. The lowest BCUT2D eigenvalue weighted by molar-refractivity contribution is -0.135. The number of carbonyl (C=O) groups is 2. The molecule has 7 heteroatoms. The number of nitrogens with zero attached hydrogens (tertiary/aromatic N) is 3. The molecule has 2 amide bonds. The van der Waals surface area contributed by atoms with Crippen LogP contribution >= 0.6 is 11.3 Å². The van der Waals surface area contributed by atoms with Crippen molar-refractivity contribution < 1.29 is 9.59 Å². The number of aromatic nitrogens is 1. The third-order valence-electron chi connectivity index (χ3n) is 7.04. The van der Waals surface area contributed by atoms with Crippen LogP contribution in [0.15, 0.2) is 121 Å². The van der Waals surface area contributed by atoms with Crippen molar-refractivity contribution in [2.75, 3.05) is 12.3 Å². The van der Waals surface area contributed by atoms with Crippen molar-refractivity contribution >= 4 is 28.3 Å². The highest BCUT2D eigenvalue weighted by atomic mass is 32.1. The third kappa shape index (κ3) is 7.07. The van der Waals surface area contributed by atoms with Crippen molar-refractivity contribution in [3.8, 4) is 11.3 Å². The lowest BCUT2D eigenvalue weighted by Crippen LogP contribution is -2.43. The molecule has 0 unspecified atom stereocenters. The van der Waals surface area contributed by atoms with Crippen molar-refractivity contribution in [2.24, 2.45) is 0 Å². The van der Waals surface area contributed by atoms with Gasteiger partial charge in [-0.2, -0.15) is 0 Å². The Morgan fingerprint density at radius 2 is 1.34 bits per heavy atom. The van der Waals surface area contributed by atoms with Crippen molar-refractivity contribution in [3.63, 3.8) is 0 Å². The Hall–Kier alpha value is -4.75. The third-order valence-corrected chi connectivity index (χ3v) is 7.72. The first kappa shape index (κ1) is 27.8. The maximum Gasteiger partial charge on any atom is 0.254 e. The van der Waals surface area contributed by atoms with E-state index in [0.717, 1.165) is 27.9 Å². The summed E-state index contributed by atoms with van der Waals surface area (Å²) in [4.78, 5) is 35.7. The van der Waals surface area contributed by atoms with E-state index in [0.29, 0.717) is 23.8 Å². The Kier molecular flexibility index (Phi) is 8.86. The van der Waals surface area contributed by atoms with E-state index in [1.807, 2.05) is 120 Å². The summed E-state index contributed by atoms with van der Waals surface area (Å²) in [6.07, 6.45) is 0. The summed E-state index contributed by atoms with van der Waals surface area (Å²) in [7, 11) is 0. The predicted molar refractivity (Wildman–Crippen MR) is 165 cm³/mol. The number of anilines is 1. The van der Waals surface area contributed by atoms with Crippen LogP contribution in [0.1, 0.15) is 40.0 Å². The molecule has 0 aliphatic carbocycles. The number of thiazole rings is 1. The van der Waals surface area contributed by atoms with Gasteiger partial charge in [-0.05, 0) is 35.7 Å². The van der Waals surface area contributed by atoms with E-state index in [4.69, 9.17) is 5.73 Å². The van der Waals surface area contributed by atoms with Gasteiger partial charge in [0.15, 0.2) is 5.13 Å². The fraction of sp³-hybridized carbons (Fsp3) is 0.147. The van der Waals surface area contributed by atoms with Crippen molar-refractivity contribution in [1.82, 2.24) is 14.8 Å². The summed E-state index contributed by atoms with van der Waals surface area (Å²) in [6, 6.07) is 36.8. The molecule has 206 valence electrons. The summed E-state index contributed by atoms with van der Waals surface area (Å²) in [5.74, 6) is -0.331. The number of hydrogen-bond donors (Lipinski definition) is 1. The minimum Gasteiger partial charge on any atom is -0.375 e. The van der Waals surface area contributed by atoms with Crippen LogP contribution in [0.5, 0.6) is 0 Å². The number of carbonyl (C=O) groups excluding carboxylic acids is 2. The topological polar surface area (TPSA) is 79.5 Å². The number of amides is 2. The number of rotatable bonds is 10.